The number of rotatable bonds is 5. The topological polar surface area (TPSA) is 78.9 Å². The van der Waals surface area contributed by atoms with Crippen molar-refractivity contribution in [1.29, 1.82) is 0 Å². The first-order valence-electron chi connectivity index (χ1n) is 7.82. The van der Waals surface area contributed by atoms with Gasteiger partial charge in [0, 0.05) is 42.8 Å². The van der Waals surface area contributed by atoms with Gasteiger partial charge < -0.3 is 10.6 Å². The lowest BCUT2D eigenvalue weighted by molar-refractivity contribution is 0.252. The summed E-state index contributed by atoms with van der Waals surface area (Å²) in [6.07, 6.45) is 5.36. The average molecular weight is 321 g/mol. The summed E-state index contributed by atoms with van der Waals surface area (Å²) in [4.78, 5) is 20.0. The van der Waals surface area contributed by atoms with Gasteiger partial charge in [-0.05, 0) is 36.1 Å². The zero-order valence-corrected chi connectivity index (χ0v) is 13.4. The number of benzene rings is 1. The highest BCUT2D eigenvalue weighted by atomic mass is 16.2. The van der Waals surface area contributed by atoms with Crippen LogP contribution < -0.4 is 16.0 Å². The van der Waals surface area contributed by atoms with Crippen molar-refractivity contribution in [2.75, 3.05) is 17.2 Å². The molecule has 3 N–H and O–H groups in total. The standard InChI is InChI=1S/C18H19N5O/c1-2-20-18(24)23-17-9-14-6-3-7-16(15(14)12-22-17)21-11-13-5-4-8-19-10-13/h3-10,12,21H,2,11H2,1H3,(H2,20,22,23,24). The van der Waals surface area contributed by atoms with Gasteiger partial charge in [-0.25, -0.2) is 9.78 Å². The fourth-order valence-corrected chi connectivity index (χ4v) is 2.42. The van der Waals surface area contributed by atoms with E-state index in [1.807, 2.05) is 49.5 Å². The first-order chi connectivity index (χ1) is 11.8. The Hall–Kier alpha value is -3.15. The van der Waals surface area contributed by atoms with Crippen LogP contribution in [0.4, 0.5) is 16.3 Å². The first kappa shape index (κ1) is 15.7. The number of amides is 2. The van der Waals surface area contributed by atoms with E-state index in [2.05, 4.69) is 25.9 Å². The fraction of sp³-hybridized carbons (Fsp3) is 0.167. The molecule has 6 nitrogen and oxygen atoms in total. The van der Waals surface area contributed by atoms with E-state index in [-0.39, 0.29) is 6.03 Å². The summed E-state index contributed by atoms with van der Waals surface area (Å²) in [5.41, 5.74) is 2.10. The van der Waals surface area contributed by atoms with Crippen LogP contribution in [0, 0.1) is 0 Å². The van der Waals surface area contributed by atoms with Gasteiger partial charge in [0.05, 0.1) is 0 Å². The number of aromatic nitrogens is 2. The number of urea groups is 1. The third kappa shape index (κ3) is 3.78. The van der Waals surface area contributed by atoms with Crippen molar-refractivity contribution in [3.63, 3.8) is 0 Å². The van der Waals surface area contributed by atoms with E-state index in [1.165, 1.54) is 0 Å². The van der Waals surface area contributed by atoms with Crippen LogP contribution in [-0.4, -0.2) is 22.5 Å². The summed E-state index contributed by atoms with van der Waals surface area (Å²) >= 11 is 0. The predicted molar refractivity (Wildman–Crippen MR) is 96.0 cm³/mol. The SMILES string of the molecule is CCNC(=O)Nc1cc2cccc(NCc3cccnc3)c2cn1. The molecule has 24 heavy (non-hydrogen) atoms. The quantitative estimate of drug-likeness (QED) is 0.673. The lowest BCUT2D eigenvalue weighted by Crippen LogP contribution is -2.28. The minimum atomic E-state index is -0.254. The number of anilines is 2. The van der Waals surface area contributed by atoms with Crippen LogP contribution in [0.5, 0.6) is 0 Å². The molecule has 2 amide bonds. The Labute approximate surface area is 140 Å². The summed E-state index contributed by atoms with van der Waals surface area (Å²) < 4.78 is 0. The smallest absolute Gasteiger partial charge is 0.320 e. The molecule has 6 heteroatoms. The number of hydrogen-bond donors (Lipinski definition) is 3. The van der Waals surface area contributed by atoms with E-state index >= 15 is 0 Å². The summed E-state index contributed by atoms with van der Waals surface area (Å²) in [6.45, 7) is 3.13. The summed E-state index contributed by atoms with van der Waals surface area (Å²) in [5, 5.41) is 10.8. The van der Waals surface area contributed by atoms with E-state index in [0.717, 1.165) is 22.0 Å². The summed E-state index contributed by atoms with van der Waals surface area (Å²) in [6, 6.07) is 11.5. The van der Waals surface area contributed by atoms with Crippen molar-refractivity contribution >= 4 is 28.3 Å². The molecule has 0 saturated heterocycles. The highest BCUT2D eigenvalue weighted by Crippen LogP contribution is 2.25. The van der Waals surface area contributed by atoms with Crippen LogP contribution in [0.1, 0.15) is 12.5 Å². The van der Waals surface area contributed by atoms with Crippen molar-refractivity contribution in [3.05, 3.63) is 60.6 Å². The number of nitrogens with one attached hydrogen (secondary N) is 3. The highest BCUT2D eigenvalue weighted by Gasteiger charge is 2.05. The molecule has 0 aliphatic heterocycles. The Bertz CT molecular complexity index is 835. The maximum atomic E-state index is 11.6. The Kier molecular flexibility index (Phi) is 4.86. The van der Waals surface area contributed by atoms with E-state index in [4.69, 9.17) is 0 Å². The van der Waals surface area contributed by atoms with Crippen LogP contribution in [0.3, 0.4) is 0 Å². The minimum absolute atomic E-state index is 0.254. The molecular weight excluding hydrogens is 302 g/mol. The molecule has 3 aromatic rings. The monoisotopic (exact) mass is 321 g/mol. The number of nitrogens with zero attached hydrogens (tertiary/aromatic N) is 2. The van der Waals surface area contributed by atoms with Crippen molar-refractivity contribution < 1.29 is 4.79 Å². The second-order valence-corrected chi connectivity index (χ2v) is 5.30. The molecule has 0 unspecified atom stereocenters. The third-order valence-electron chi connectivity index (χ3n) is 3.55. The lowest BCUT2D eigenvalue weighted by atomic mass is 10.1. The summed E-state index contributed by atoms with van der Waals surface area (Å²) in [5.74, 6) is 0.526. The number of pyridine rings is 2. The fourth-order valence-electron chi connectivity index (χ4n) is 2.42. The lowest BCUT2D eigenvalue weighted by Gasteiger charge is -2.11. The number of carbonyl (C=O) groups is 1. The van der Waals surface area contributed by atoms with E-state index in [1.54, 1.807) is 12.4 Å². The van der Waals surface area contributed by atoms with Gasteiger partial charge in [0.2, 0.25) is 0 Å². The van der Waals surface area contributed by atoms with Crippen molar-refractivity contribution in [3.8, 4) is 0 Å². The molecule has 0 spiro atoms. The highest BCUT2D eigenvalue weighted by molar-refractivity contribution is 5.96. The van der Waals surface area contributed by atoms with E-state index < -0.39 is 0 Å². The zero-order chi connectivity index (χ0) is 16.8. The molecule has 0 radical (unpaired) electrons. The van der Waals surface area contributed by atoms with E-state index in [9.17, 15) is 4.79 Å². The molecular formula is C18H19N5O. The Morgan fingerprint density at radius 2 is 2.08 bits per heavy atom. The molecule has 122 valence electrons. The molecule has 0 atom stereocenters. The molecule has 3 rings (SSSR count). The van der Waals surface area contributed by atoms with Crippen molar-refractivity contribution in [2.45, 2.75) is 13.5 Å². The maximum Gasteiger partial charge on any atom is 0.320 e. The van der Waals surface area contributed by atoms with E-state index in [0.29, 0.717) is 18.9 Å². The van der Waals surface area contributed by atoms with Crippen LogP contribution in [0.2, 0.25) is 0 Å². The second-order valence-electron chi connectivity index (χ2n) is 5.30. The van der Waals surface area contributed by atoms with Crippen LogP contribution in [0.25, 0.3) is 10.8 Å². The van der Waals surface area contributed by atoms with Gasteiger partial charge in [0.1, 0.15) is 5.82 Å². The van der Waals surface area contributed by atoms with Gasteiger partial charge in [0.25, 0.3) is 0 Å². The third-order valence-corrected chi connectivity index (χ3v) is 3.55. The van der Waals surface area contributed by atoms with Gasteiger partial charge in [0.15, 0.2) is 0 Å². The molecule has 0 saturated carbocycles. The van der Waals surface area contributed by atoms with Crippen LogP contribution >= 0.6 is 0 Å². The minimum Gasteiger partial charge on any atom is -0.380 e. The maximum absolute atomic E-state index is 11.6. The number of hydrogen-bond acceptors (Lipinski definition) is 4. The van der Waals surface area contributed by atoms with Gasteiger partial charge in [-0.2, -0.15) is 0 Å². The molecule has 0 fully saturated rings. The second kappa shape index (κ2) is 7.41. The van der Waals surface area contributed by atoms with Gasteiger partial charge in [-0.1, -0.05) is 18.2 Å². The Balaban J connectivity index is 1.78. The first-order valence-corrected chi connectivity index (χ1v) is 7.82. The zero-order valence-electron chi connectivity index (χ0n) is 13.4. The normalized spacial score (nSPS) is 10.4. The van der Waals surface area contributed by atoms with Crippen molar-refractivity contribution in [2.24, 2.45) is 0 Å². The van der Waals surface area contributed by atoms with Gasteiger partial charge >= 0.3 is 6.03 Å². The number of carbonyl (C=O) groups excluding carboxylic acids is 1. The predicted octanol–water partition coefficient (Wildman–Crippen LogP) is 3.38. The van der Waals surface area contributed by atoms with Gasteiger partial charge in [-0.3, -0.25) is 10.3 Å². The van der Waals surface area contributed by atoms with Gasteiger partial charge in [-0.15, -0.1) is 0 Å². The average Bonchev–Trinajstić information content (AvgIpc) is 2.60. The Morgan fingerprint density at radius 3 is 2.88 bits per heavy atom. The molecule has 2 heterocycles. The Morgan fingerprint density at radius 1 is 1.17 bits per heavy atom. The largest absolute Gasteiger partial charge is 0.380 e. The van der Waals surface area contributed by atoms with Crippen LogP contribution in [-0.2, 0) is 6.54 Å². The molecule has 0 aliphatic carbocycles. The molecule has 1 aromatic carbocycles. The molecule has 0 bridgehead atoms. The number of fused-ring (bicyclic) bond motifs is 1. The molecule has 2 aromatic heterocycles. The van der Waals surface area contributed by atoms with Crippen LogP contribution in [0.15, 0.2) is 55.0 Å². The van der Waals surface area contributed by atoms with Crippen molar-refractivity contribution in [1.82, 2.24) is 15.3 Å². The summed E-state index contributed by atoms with van der Waals surface area (Å²) in [7, 11) is 0. The molecule has 0 aliphatic rings.